The molecule has 1 aromatic rings. The zero-order valence-electron chi connectivity index (χ0n) is 11.3. The van der Waals surface area contributed by atoms with Gasteiger partial charge in [-0.25, -0.2) is 0 Å². The third-order valence-electron chi connectivity index (χ3n) is 4.41. The van der Waals surface area contributed by atoms with Gasteiger partial charge in [-0.15, -0.1) is 0 Å². The van der Waals surface area contributed by atoms with Crippen LogP contribution in [0.25, 0.3) is 0 Å². The monoisotopic (exact) mass is 249 g/mol. The van der Waals surface area contributed by atoms with E-state index in [1.165, 1.54) is 19.3 Å². The van der Waals surface area contributed by atoms with Crippen LogP contribution in [0.3, 0.4) is 0 Å². The first-order chi connectivity index (χ1) is 8.57. The molecule has 3 rings (SSSR count). The Bertz CT molecular complexity index is 414. The van der Waals surface area contributed by atoms with Crippen LogP contribution in [0.1, 0.15) is 57.6 Å². The lowest BCUT2D eigenvalue weighted by molar-refractivity contribution is -0.0359. The summed E-state index contributed by atoms with van der Waals surface area (Å²) in [4.78, 5) is 0. The molecule has 4 heteroatoms. The summed E-state index contributed by atoms with van der Waals surface area (Å²) in [6, 6.07) is 1.30. The second-order valence-electron chi connectivity index (χ2n) is 6.23. The minimum atomic E-state index is -0.672. The van der Waals surface area contributed by atoms with Crippen LogP contribution in [0.5, 0.6) is 0 Å². The smallest absolute Gasteiger partial charge is 0.0956 e. The minimum Gasteiger partial charge on any atom is -0.385 e. The molecule has 1 aromatic heterocycles. The third kappa shape index (κ3) is 2.08. The van der Waals surface area contributed by atoms with Gasteiger partial charge in [-0.3, -0.25) is 4.68 Å². The van der Waals surface area contributed by atoms with E-state index in [2.05, 4.69) is 24.3 Å². The molecule has 18 heavy (non-hydrogen) atoms. The van der Waals surface area contributed by atoms with Crippen LogP contribution in [-0.2, 0) is 5.60 Å². The molecular weight excluding hydrogens is 226 g/mol. The van der Waals surface area contributed by atoms with Gasteiger partial charge < -0.3 is 10.4 Å². The SMILES string of the molecule is CC(C)n1cc(C2(O)CC3CCCC(C2)N3)cn1. The number of aliphatic hydroxyl groups is 1. The summed E-state index contributed by atoms with van der Waals surface area (Å²) in [6.07, 6.45) is 9.20. The highest BCUT2D eigenvalue weighted by Crippen LogP contribution is 2.39. The van der Waals surface area contributed by atoms with Crippen LogP contribution in [0, 0.1) is 0 Å². The average molecular weight is 249 g/mol. The molecule has 100 valence electrons. The van der Waals surface area contributed by atoms with Gasteiger partial charge in [0.25, 0.3) is 0 Å². The molecule has 0 amide bonds. The molecule has 2 unspecified atom stereocenters. The largest absolute Gasteiger partial charge is 0.385 e. The molecule has 2 fully saturated rings. The quantitative estimate of drug-likeness (QED) is 0.842. The van der Waals surface area contributed by atoms with Gasteiger partial charge in [-0.05, 0) is 39.5 Å². The van der Waals surface area contributed by atoms with Gasteiger partial charge in [0.1, 0.15) is 0 Å². The first-order valence-corrected chi connectivity index (χ1v) is 7.10. The highest BCUT2D eigenvalue weighted by Gasteiger charge is 2.42. The highest BCUT2D eigenvalue weighted by molar-refractivity contribution is 5.19. The molecule has 0 aliphatic carbocycles. The number of piperidine rings is 2. The maximum absolute atomic E-state index is 11.0. The molecule has 0 radical (unpaired) electrons. The van der Waals surface area contributed by atoms with Crippen molar-refractivity contribution in [1.82, 2.24) is 15.1 Å². The van der Waals surface area contributed by atoms with E-state index >= 15 is 0 Å². The summed E-state index contributed by atoms with van der Waals surface area (Å²) in [5, 5.41) is 18.9. The zero-order chi connectivity index (χ0) is 12.8. The van der Waals surface area contributed by atoms with E-state index in [4.69, 9.17) is 0 Å². The van der Waals surface area contributed by atoms with Gasteiger partial charge in [0, 0.05) is 29.9 Å². The van der Waals surface area contributed by atoms with Crippen LogP contribution in [0.4, 0.5) is 0 Å². The van der Waals surface area contributed by atoms with E-state index in [9.17, 15) is 5.11 Å². The highest BCUT2D eigenvalue weighted by atomic mass is 16.3. The van der Waals surface area contributed by atoms with Crippen molar-refractivity contribution >= 4 is 0 Å². The number of nitrogens with zero attached hydrogens (tertiary/aromatic N) is 2. The lowest BCUT2D eigenvalue weighted by Crippen LogP contribution is -2.54. The molecule has 2 atom stereocenters. The topological polar surface area (TPSA) is 50.1 Å². The number of hydrogen-bond donors (Lipinski definition) is 2. The van der Waals surface area contributed by atoms with E-state index in [-0.39, 0.29) is 0 Å². The number of aromatic nitrogens is 2. The standard InChI is InChI=1S/C14H23N3O/c1-10(2)17-9-11(8-15-17)14(18)6-12-4-3-5-13(7-14)16-12/h8-10,12-13,16,18H,3-7H2,1-2H3. The fourth-order valence-corrected chi connectivity index (χ4v) is 3.43. The maximum atomic E-state index is 11.0. The Balaban J connectivity index is 1.84. The molecular formula is C14H23N3O. The first kappa shape index (κ1) is 12.2. The predicted octanol–water partition coefficient (Wildman–Crippen LogP) is 1.96. The molecule has 0 saturated carbocycles. The number of rotatable bonds is 2. The summed E-state index contributed by atoms with van der Waals surface area (Å²) >= 11 is 0. The van der Waals surface area contributed by atoms with E-state index in [0.29, 0.717) is 18.1 Å². The molecule has 4 nitrogen and oxygen atoms in total. The Morgan fingerprint density at radius 3 is 2.61 bits per heavy atom. The number of nitrogens with one attached hydrogen (secondary N) is 1. The number of hydrogen-bond acceptors (Lipinski definition) is 3. The van der Waals surface area contributed by atoms with Crippen molar-refractivity contribution in [2.45, 2.75) is 69.7 Å². The second-order valence-corrected chi connectivity index (χ2v) is 6.23. The van der Waals surface area contributed by atoms with E-state index < -0.39 is 5.60 Å². The van der Waals surface area contributed by atoms with Gasteiger partial charge in [-0.2, -0.15) is 5.10 Å². The second kappa shape index (κ2) is 4.35. The van der Waals surface area contributed by atoms with Gasteiger partial charge in [-0.1, -0.05) is 6.42 Å². The minimum absolute atomic E-state index is 0.351. The molecule has 0 spiro atoms. The number of fused-ring (bicyclic) bond motifs is 2. The van der Waals surface area contributed by atoms with Crippen molar-refractivity contribution in [3.8, 4) is 0 Å². The third-order valence-corrected chi connectivity index (χ3v) is 4.41. The predicted molar refractivity (Wildman–Crippen MR) is 70.3 cm³/mol. The van der Waals surface area contributed by atoms with E-state index in [1.54, 1.807) is 0 Å². The summed E-state index contributed by atoms with van der Waals surface area (Å²) in [5.41, 5.74) is 0.323. The maximum Gasteiger partial charge on any atom is 0.0956 e. The van der Waals surface area contributed by atoms with Crippen molar-refractivity contribution in [3.63, 3.8) is 0 Å². The van der Waals surface area contributed by atoms with Crippen LogP contribution in [0.15, 0.2) is 12.4 Å². The fourth-order valence-electron chi connectivity index (χ4n) is 3.43. The summed E-state index contributed by atoms with van der Waals surface area (Å²) in [7, 11) is 0. The van der Waals surface area contributed by atoms with Gasteiger partial charge in [0.2, 0.25) is 0 Å². The lowest BCUT2D eigenvalue weighted by Gasteiger charge is -2.45. The van der Waals surface area contributed by atoms with Crippen molar-refractivity contribution in [3.05, 3.63) is 18.0 Å². The van der Waals surface area contributed by atoms with Crippen LogP contribution in [0.2, 0.25) is 0 Å². The first-order valence-electron chi connectivity index (χ1n) is 7.10. The Kier molecular flexibility index (Phi) is 2.94. The molecule has 2 N–H and O–H groups in total. The molecule has 2 saturated heterocycles. The average Bonchev–Trinajstić information content (AvgIpc) is 2.78. The molecule has 2 aliphatic heterocycles. The Labute approximate surface area is 108 Å². The van der Waals surface area contributed by atoms with E-state index in [0.717, 1.165) is 18.4 Å². The van der Waals surface area contributed by atoms with Crippen molar-refractivity contribution in [2.75, 3.05) is 0 Å². The fraction of sp³-hybridized carbons (Fsp3) is 0.786. The Morgan fingerprint density at radius 2 is 2.06 bits per heavy atom. The van der Waals surface area contributed by atoms with Crippen molar-refractivity contribution in [2.24, 2.45) is 0 Å². The van der Waals surface area contributed by atoms with Crippen molar-refractivity contribution in [1.29, 1.82) is 0 Å². The molecule has 2 aliphatic rings. The normalized spacial score (nSPS) is 36.0. The lowest BCUT2D eigenvalue weighted by atomic mass is 9.75. The molecule has 2 bridgehead atoms. The van der Waals surface area contributed by atoms with Gasteiger partial charge >= 0.3 is 0 Å². The molecule has 0 aromatic carbocycles. The Morgan fingerprint density at radius 1 is 1.39 bits per heavy atom. The molecule has 3 heterocycles. The van der Waals surface area contributed by atoms with Crippen molar-refractivity contribution < 1.29 is 5.11 Å². The van der Waals surface area contributed by atoms with E-state index in [1.807, 2.05) is 17.1 Å². The van der Waals surface area contributed by atoms with Crippen LogP contribution in [-0.4, -0.2) is 27.0 Å². The van der Waals surface area contributed by atoms with Crippen LogP contribution < -0.4 is 5.32 Å². The van der Waals surface area contributed by atoms with Crippen LogP contribution >= 0.6 is 0 Å². The summed E-state index contributed by atoms with van der Waals surface area (Å²) < 4.78 is 1.94. The zero-order valence-corrected chi connectivity index (χ0v) is 11.3. The Hall–Kier alpha value is -0.870. The van der Waals surface area contributed by atoms with Gasteiger partial charge in [0.15, 0.2) is 0 Å². The van der Waals surface area contributed by atoms with Gasteiger partial charge in [0.05, 0.1) is 11.8 Å². The summed E-state index contributed by atoms with van der Waals surface area (Å²) in [5.74, 6) is 0. The summed E-state index contributed by atoms with van der Waals surface area (Å²) in [6.45, 7) is 4.22.